The van der Waals surface area contributed by atoms with Crippen LogP contribution in [0.4, 0.5) is 0 Å². The van der Waals surface area contributed by atoms with Crippen LogP contribution in [0, 0.1) is 5.41 Å². The molecule has 0 aliphatic heterocycles. The number of nitrogens with zero attached hydrogens (tertiary/aromatic N) is 1. The molecule has 1 aliphatic rings. The Morgan fingerprint density at radius 3 is 2.22 bits per heavy atom. The molecule has 1 fully saturated rings. The molecule has 1 saturated carbocycles. The van der Waals surface area contributed by atoms with Crippen LogP contribution in [0.2, 0.25) is 0 Å². The van der Waals surface area contributed by atoms with Gasteiger partial charge in [-0.25, -0.2) is 0 Å². The molecule has 1 amide bonds. The highest BCUT2D eigenvalue weighted by molar-refractivity contribution is 5.86. The van der Waals surface area contributed by atoms with E-state index in [9.17, 15) is 9.59 Å². The van der Waals surface area contributed by atoms with E-state index in [2.05, 4.69) is 4.74 Å². The minimum Gasteiger partial charge on any atom is -0.468 e. The van der Waals surface area contributed by atoms with E-state index in [1.807, 2.05) is 20.8 Å². The largest absolute Gasteiger partial charge is 0.468 e. The molecule has 1 rings (SSSR count). The first-order valence-electron chi connectivity index (χ1n) is 6.78. The third kappa shape index (κ3) is 3.47. The Morgan fingerprint density at radius 1 is 1.22 bits per heavy atom. The second-order valence-corrected chi connectivity index (χ2v) is 5.72. The maximum Gasteiger partial charge on any atom is 0.325 e. The van der Waals surface area contributed by atoms with Crippen molar-refractivity contribution >= 4 is 11.9 Å². The Morgan fingerprint density at radius 2 is 1.78 bits per heavy atom. The van der Waals surface area contributed by atoms with Gasteiger partial charge in [-0.2, -0.15) is 0 Å². The highest BCUT2D eigenvalue weighted by Crippen LogP contribution is 2.37. The van der Waals surface area contributed by atoms with Crippen LogP contribution < -0.4 is 0 Å². The van der Waals surface area contributed by atoms with Crippen LogP contribution in [-0.2, 0) is 14.3 Å². The Labute approximate surface area is 110 Å². The number of ether oxygens (including phenoxy) is 1. The SMILES string of the molecule is COC(=O)CN(C(=O)C1(C)CCCCC1)C(C)C. The molecular weight excluding hydrogens is 230 g/mol. The van der Waals surface area contributed by atoms with Gasteiger partial charge in [-0.05, 0) is 26.7 Å². The van der Waals surface area contributed by atoms with Crippen LogP contribution in [0.15, 0.2) is 0 Å². The van der Waals surface area contributed by atoms with Gasteiger partial charge in [0.05, 0.1) is 7.11 Å². The summed E-state index contributed by atoms with van der Waals surface area (Å²) in [7, 11) is 1.35. The van der Waals surface area contributed by atoms with Gasteiger partial charge in [-0.3, -0.25) is 9.59 Å². The molecule has 0 radical (unpaired) electrons. The van der Waals surface area contributed by atoms with Gasteiger partial charge in [0.25, 0.3) is 0 Å². The number of esters is 1. The minimum atomic E-state index is -0.351. The summed E-state index contributed by atoms with van der Waals surface area (Å²) >= 11 is 0. The second-order valence-electron chi connectivity index (χ2n) is 5.72. The molecule has 0 unspecified atom stereocenters. The summed E-state index contributed by atoms with van der Waals surface area (Å²) in [6.45, 7) is 5.96. The third-order valence-corrected chi connectivity index (χ3v) is 3.88. The molecule has 4 heteroatoms. The van der Waals surface area contributed by atoms with Gasteiger partial charge >= 0.3 is 5.97 Å². The van der Waals surface area contributed by atoms with Gasteiger partial charge in [-0.1, -0.05) is 26.2 Å². The number of hydrogen-bond acceptors (Lipinski definition) is 3. The van der Waals surface area contributed by atoms with E-state index >= 15 is 0 Å². The van der Waals surface area contributed by atoms with Crippen LogP contribution in [0.1, 0.15) is 52.9 Å². The first kappa shape index (κ1) is 15.0. The Hall–Kier alpha value is -1.06. The molecule has 0 bridgehead atoms. The standard InChI is InChI=1S/C14H25NO3/c1-11(2)15(10-12(16)18-4)13(17)14(3)8-6-5-7-9-14/h11H,5-10H2,1-4H3. The Balaban J connectivity index is 2.78. The molecule has 0 spiro atoms. The average Bonchev–Trinajstić information content (AvgIpc) is 2.35. The first-order chi connectivity index (χ1) is 8.40. The predicted molar refractivity (Wildman–Crippen MR) is 70.1 cm³/mol. The highest BCUT2D eigenvalue weighted by atomic mass is 16.5. The number of hydrogen-bond donors (Lipinski definition) is 0. The molecular formula is C14H25NO3. The van der Waals surface area contributed by atoms with Crippen molar-refractivity contribution < 1.29 is 14.3 Å². The molecule has 0 aromatic carbocycles. The van der Waals surface area contributed by atoms with Crippen LogP contribution >= 0.6 is 0 Å². The first-order valence-corrected chi connectivity index (χ1v) is 6.78. The van der Waals surface area contributed by atoms with Crippen molar-refractivity contribution in [2.24, 2.45) is 5.41 Å². The molecule has 1 aliphatic carbocycles. The van der Waals surface area contributed by atoms with E-state index < -0.39 is 0 Å². The fourth-order valence-electron chi connectivity index (χ4n) is 2.59. The normalized spacial score (nSPS) is 18.5. The maximum absolute atomic E-state index is 12.6. The zero-order chi connectivity index (χ0) is 13.8. The molecule has 0 N–H and O–H groups in total. The Bertz CT molecular complexity index is 306. The number of carbonyl (C=O) groups is 2. The molecule has 0 aromatic heterocycles. The molecule has 104 valence electrons. The molecule has 0 atom stereocenters. The van der Waals surface area contributed by atoms with E-state index in [0.717, 1.165) is 25.7 Å². The summed E-state index contributed by atoms with van der Waals surface area (Å²) in [5.74, 6) is -0.251. The van der Waals surface area contributed by atoms with Crippen molar-refractivity contribution in [3.8, 4) is 0 Å². The van der Waals surface area contributed by atoms with Gasteiger partial charge in [0.15, 0.2) is 0 Å². The van der Waals surface area contributed by atoms with E-state index in [0.29, 0.717) is 0 Å². The van der Waals surface area contributed by atoms with E-state index in [1.54, 1.807) is 4.90 Å². The lowest BCUT2D eigenvalue weighted by Crippen LogP contribution is -2.48. The predicted octanol–water partition coefficient (Wildman–Crippen LogP) is 2.37. The second kappa shape index (κ2) is 6.21. The Kier molecular flexibility index (Phi) is 5.17. The van der Waals surface area contributed by atoms with Gasteiger partial charge in [-0.15, -0.1) is 0 Å². The van der Waals surface area contributed by atoms with E-state index in [-0.39, 0.29) is 29.9 Å². The fourth-order valence-corrected chi connectivity index (χ4v) is 2.59. The van der Waals surface area contributed by atoms with Crippen LogP contribution in [0.5, 0.6) is 0 Å². The number of amides is 1. The summed E-state index contributed by atoms with van der Waals surface area (Å²) in [4.78, 5) is 25.7. The van der Waals surface area contributed by atoms with E-state index in [4.69, 9.17) is 0 Å². The van der Waals surface area contributed by atoms with Gasteiger partial charge in [0, 0.05) is 11.5 Å². The van der Waals surface area contributed by atoms with Crippen molar-refractivity contribution in [1.29, 1.82) is 0 Å². The van der Waals surface area contributed by atoms with Crippen LogP contribution in [0.25, 0.3) is 0 Å². The van der Waals surface area contributed by atoms with Crippen molar-refractivity contribution in [2.75, 3.05) is 13.7 Å². The zero-order valence-corrected chi connectivity index (χ0v) is 12.0. The van der Waals surface area contributed by atoms with Crippen molar-refractivity contribution in [2.45, 2.75) is 58.9 Å². The third-order valence-electron chi connectivity index (χ3n) is 3.88. The van der Waals surface area contributed by atoms with E-state index in [1.165, 1.54) is 13.5 Å². The smallest absolute Gasteiger partial charge is 0.325 e. The lowest BCUT2D eigenvalue weighted by Gasteiger charge is -2.38. The van der Waals surface area contributed by atoms with Crippen molar-refractivity contribution in [3.63, 3.8) is 0 Å². The highest BCUT2D eigenvalue weighted by Gasteiger charge is 2.38. The number of carbonyl (C=O) groups excluding carboxylic acids is 2. The summed E-state index contributed by atoms with van der Waals surface area (Å²) in [5.41, 5.74) is -0.295. The number of rotatable bonds is 4. The summed E-state index contributed by atoms with van der Waals surface area (Å²) in [5, 5.41) is 0. The quantitative estimate of drug-likeness (QED) is 0.724. The van der Waals surface area contributed by atoms with Crippen LogP contribution in [-0.4, -0.2) is 36.5 Å². The lowest BCUT2D eigenvalue weighted by molar-refractivity contribution is -0.153. The van der Waals surface area contributed by atoms with Crippen LogP contribution in [0.3, 0.4) is 0 Å². The summed E-state index contributed by atoms with van der Waals surface area (Å²) in [6.07, 6.45) is 5.27. The molecule has 0 aromatic rings. The summed E-state index contributed by atoms with van der Waals surface area (Å²) < 4.78 is 4.67. The van der Waals surface area contributed by atoms with Gasteiger partial charge < -0.3 is 9.64 Å². The topological polar surface area (TPSA) is 46.6 Å². The zero-order valence-electron chi connectivity index (χ0n) is 12.0. The van der Waals surface area contributed by atoms with Crippen molar-refractivity contribution in [3.05, 3.63) is 0 Å². The maximum atomic E-state index is 12.6. The lowest BCUT2D eigenvalue weighted by atomic mass is 9.74. The van der Waals surface area contributed by atoms with Gasteiger partial charge in [0.1, 0.15) is 6.54 Å². The van der Waals surface area contributed by atoms with Crippen molar-refractivity contribution in [1.82, 2.24) is 4.90 Å². The molecule has 18 heavy (non-hydrogen) atoms. The fraction of sp³-hybridized carbons (Fsp3) is 0.857. The van der Waals surface area contributed by atoms with Gasteiger partial charge in [0.2, 0.25) is 5.91 Å². The average molecular weight is 255 g/mol. The summed E-state index contributed by atoms with van der Waals surface area (Å²) in [6, 6.07) is 0.0235. The monoisotopic (exact) mass is 255 g/mol. The molecule has 4 nitrogen and oxygen atoms in total. The minimum absolute atomic E-state index is 0.0235. The number of methoxy groups -OCH3 is 1. The molecule has 0 saturated heterocycles. The molecule has 0 heterocycles.